The fraction of sp³-hybridized carbons (Fsp3) is 0.280. The van der Waals surface area contributed by atoms with Gasteiger partial charge in [-0.2, -0.15) is 4.91 Å². The van der Waals surface area contributed by atoms with Crippen molar-refractivity contribution in [2.24, 2.45) is 11.1 Å². The fourth-order valence-corrected chi connectivity index (χ4v) is 3.45. The van der Waals surface area contributed by atoms with Gasteiger partial charge in [-0.1, -0.05) is 35.5 Å². The molecule has 0 unspecified atom stereocenters. The number of rotatable bonds is 10. The number of aromatic nitrogens is 1. The lowest BCUT2D eigenvalue weighted by Gasteiger charge is -2.14. The third kappa shape index (κ3) is 5.52. The van der Waals surface area contributed by atoms with Gasteiger partial charge < -0.3 is 14.8 Å². The van der Waals surface area contributed by atoms with Crippen LogP contribution in [-0.4, -0.2) is 24.6 Å². The van der Waals surface area contributed by atoms with Crippen molar-refractivity contribution in [1.29, 1.82) is 0 Å². The molecule has 7 nitrogen and oxygen atoms in total. The van der Waals surface area contributed by atoms with Crippen LogP contribution in [0.15, 0.2) is 59.9 Å². The standard InChI is InChI=1S/C25H24FN3O4/c1-32-23-9-8-17(10-21(23)26)12-28-25(30)20-11-22(19-5-3-2-4-18(19)13-29-31)27-14-24(20)33-15-16-6-7-16/h2-5,8-11,14,16H,6-7,12-13,15H2,1H3,(H,28,30). The lowest BCUT2D eigenvalue weighted by Crippen LogP contribution is -2.24. The molecular formula is C25H24FN3O4. The van der Waals surface area contributed by atoms with E-state index in [0.29, 0.717) is 40.7 Å². The molecule has 1 aromatic heterocycles. The Morgan fingerprint density at radius 2 is 2.00 bits per heavy atom. The molecule has 1 saturated carbocycles. The van der Waals surface area contributed by atoms with E-state index in [1.54, 1.807) is 18.2 Å². The number of nitrogens with zero attached hydrogens (tertiary/aromatic N) is 2. The number of nitroso groups, excluding NO2 is 1. The predicted octanol–water partition coefficient (Wildman–Crippen LogP) is 4.88. The lowest BCUT2D eigenvalue weighted by atomic mass is 10.0. The maximum absolute atomic E-state index is 14.0. The molecule has 1 N–H and O–H groups in total. The summed E-state index contributed by atoms with van der Waals surface area (Å²) in [6.45, 7) is 0.657. The molecule has 8 heteroatoms. The summed E-state index contributed by atoms with van der Waals surface area (Å²) >= 11 is 0. The van der Waals surface area contributed by atoms with E-state index in [4.69, 9.17) is 9.47 Å². The summed E-state index contributed by atoms with van der Waals surface area (Å²) in [6.07, 6.45) is 3.76. The summed E-state index contributed by atoms with van der Waals surface area (Å²) in [7, 11) is 1.40. The Morgan fingerprint density at radius 1 is 1.18 bits per heavy atom. The monoisotopic (exact) mass is 449 g/mol. The van der Waals surface area contributed by atoms with Crippen LogP contribution in [0.5, 0.6) is 11.5 Å². The first-order chi connectivity index (χ1) is 16.1. The van der Waals surface area contributed by atoms with Crippen molar-refractivity contribution < 1.29 is 18.7 Å². The summed E-state index contributed by atoms with van der Waals surface area (Å²) in [4.78, 5) is 28.4. The van der Waals surface area contributed by atoms with Crippen LogP contribution in [-0.2, 0) is 13.1 Å². The van der Waals surface area contributed by atoms with Crippen LogP contribution in [0.2, 0.25) is 0 Å². The van der Waals surface area contributed by atoms with Crippen LogP contribution < -0.4 is 14.8 Å². The quantitative estimate of drug-likeness (QED) is 0.446. The van der Waals surface area contributed by atoms with Crippen LogP contribution in [0.4, 0.5) is 4.39 Å². The van der Waals surface area contributed by atoms with E-state index in [1.807, 2.05) is 18.2 Å². The number of pyridine rings is 1. The molecule has 1 aliphatic rings. The van der Waals surface area contributed by atoms with Gasteiger partial charge in [-0.3, -0.25) is 9.78 Å². The van der Waals surface area contributed by atoms with Gasteiger partial charge in [-0.25, -0.2) is 4.39 Å². The Balaban J connectivity index is 1.59. The predicted molar refractivity (Wildman–Crippen MR) is 122 cm³/mol. The highest BCUT2D eigenvalue weighted by atomic mass is 19.1. The Morgan fingerprint density at radius 3 is 2.73 bits per heavy atom. The molecular weight excluding hydrogens is 425 g/mol. The van der Waals surface area contributed by atoms with E-state index in [2.05, 4.69) is 15.5 Å². The molecule has 4 rings (SSSR count). The lowest BCUT2D eigenvalue weighted by molar-refractivity contribution is 0.0946. The second-order valence-electron chi connectivity index (χ2n) is 7.92. The maximum atomic E-state index is 14.0. The molecule has 1 fully saturated rings. The van der Waals surface area contributed by atoms with Crippen LogP contribution in [0, 0.1) is 16.6 Å². The summed E-state index contributed by atoms with van der Waals surface area (Å²) in [5.74, 6) is 0.163. The van der Waals surface area contributed by atoms with Crippen molar-refractivity contribution in [1.82, 2.24) is 10.3 Å². The van der Waals surface area contributed by atoms with E-state index in [-0.39, 0.29) is 24.7 Å². The third-order valence-electron chi connectivity index (χ3n) is 5.48. The van der Waals surface area contributed by atoms with E-state index in [9.17, 15) is 14.1 Å². The fourth-order valence-electron chi connectivity index (χ4n) is 3.45. The molecule has 0 bridgehead atoms. The number of hydrogen-bond acceptors (Lipinski definition) is 6. The minimum atomic E-state index is -0.496. The highest BCUT2D eigenvalue weighted by Gasteiger charge is 2.24. The summed E-state index contributed by atoms with van der Waals surface area (Å²) in [6, 6.07) is 13.5. The maximum Gasteiger partial charge on any atom is 0.255 e. The first kappa shape index (κ1) is 22.4. The molecule has 1 aliphatic carbocycles. The zero-order valence-corrected chi connectivity index (χ0v) is 18.2. The normalized spacial score (nSPS) is 12.8. The highest BCUT2D eigenvalue weighted by Crippen LogP contribution is 2.32. The van der Waals surface area contributed by atoms with Gasteiger partial charge in [0.15, 0.2) is 11.6 Å². The number of halogens is 1. The van der Waals surface area contributed by atoms with Gasteiger partial charge in [0.1, 0.15) is 12.3 Å². The first-order valence-electron chi connectivity index (χ1n) is 10.7. The molecule has 2 aromatic carbocycles. The van der Waals surface area contributed by atoms with Gasteiger partial charge in [0.25, 0.3) is 5.91 Å². The summed E-state index contributed by atoms with van der Waals surface area (Å²) in [5.41, 5.74) is 2.89. The van der Waals surface area contributed by atoms with Crippen LogP contribution in [0.3, 0.4) is 0 Å². The van der Waals surface area contributed by atoms with Gasteiger partial charge in [0.2, 0.25) is 0 Å². The number of amides is 1. The molecule has 0 saturated heterocycles. The van der Waals surface area contributed by atoms with E-state index in [1.165, 1.54) is 25.4 Å². The van der Waals surface area contributed by atoms with Crippen molar-refractivity contribution in [3.63, 3.8) is 0 Å². The van der Waals surface area contributed by atoms with Gasteiger partial charge in [-0.15, -0.1) is 0 Å². The largest absolute Gasteiger partial charge is 0.494 e. The van der Waals surface area contributed by atoms with Crippen LogP contribution >= 0.6 is 0 Å². The van der Waals surface area contributed by atoms with Gasteiger partial charge in [0.05, 0.1) is 31.2 Å². The van der Waals surface area contributed by atoms with Gasteiger partial charge in [-0.05, 0) is 48.1 Å². The smallest absolute Gasteiger partial charge is 0.255 e. The van der Waals surface area contributed by atoms with Gasteiger partial charge in [0, 0.05) is 12.1 Å². The zero-order valence-electron chi connectivity index (χ0n) is 18.2. The van der Waals surface area contributed by atoms with Crippen molar-refractivity contribution >= 4 is 5.91 Å². The number of hydrogen-bond donors (Lipinski definition) is 1. The van der Waals surface area contributed by atoms with Gasteiger partial charge >= 0.3 is 0 Å². The third-order valence-corrected chi connectivity index (χ3v) is 5.48. The van der Waals surface area contributed by atoms with E-state index < -0.39 is 5.82 Å². The molecule has 3 aromatic rings. The number of carbonyl (C=O) groups excluding carboxylic acids is 1. The Kier molecular flexibility index (Phi) is 6.92. The number of carbonyl (C=O) groups is 1. The molecule has 0 radical (unpaired) electrons. The molecule has 33 heavy (non-hydrogen) atoms. The minimum Gasteiger partial charge on any atom is -0.494 e. The zero-order chi connectivity index (χ0) is 23.2. The summed E-state index contributed by atoms with van der Waals surface area (Å²) < 4.78 is 24.8. The average molecular weight is 449 g/mol. The number of ether oxygens (including phenoxy) is 2. The van der Waals surface area contributed by atoms with Crippen molar-refractivity contribution in [2.45, 2.75) is 25.9 Å². The SMILES string of the molecule is COc1ccc(CNC(=O)c2cc(-c3ccccc3CN=O)ncc2OCC2CC2)cc1F. The number of benzene rings is 2. The minimum absolute atomic E-state index is 0.00233. The van der Waals surface area contributed by atoms with Crippen molar-refractivity contribution in [3.05, 3.63) is 82.1 Å². The molecule has 1 amide bonds. The molecule has 0 aliphatic heterocycles. The second-order valence-corrected chi connectivity index (χ2v) is 7.92. The topological polar surface area (TPSA) is 89.9 Å². The molecule has 170 valence electrons. The number of nitrogens with one attached hydrogen (secondary N) is 1. The molecule has 1 heterocycles. The first-order valence-corrected chi connectivity index (χ1v) is 10.7. The Hall–Kier alpha value is -3.81. The number of methoxy groups -OCH3 is 1. The Labute approximate surface area is 190 Å². The van der Waals surface area contributed by atoms with Crippen molar-refractivity contribution in [2.75, 3.05) is 13.7 Å². The van der Waals surface area contributed by atoms with Crippen LogP contribution in [0.1, 0.15) is 34.3 Å². The molecule has 0 spiro atoms. The Bertz CT molecular complexity index is 1160. The van der Waals surface area contributed by atoms with E-state index in [0.717, 1.165) is 18.4 Å². The summed E-state index contributed by atoms with van der Waals surface area (Å²) in [5, 5.41) is 5.80. The van der Waals surface area contributed by atoms with Crippen LogP contribution in [0.25, 0.3) is 11.3 Å². The average Bonchev–Trinajstić information content (AvgIpc) is 3.66. The van der Waals surface area contributed by atoms with Crippen molar-refractivity contribution in [3.8, 4) is 22.8 Å². The van der Waals surface area contributed by atoms with E-state index >= 15 is 0 Å². The molecule has 0 atom stereocenters. The highest BCUT2D eigenvalue weighted by molar-refractivity contribution is 5.97. The second kappa shape index (κ2) is 10.2.